The fourth-order valence-corrected chi connectivity index (χ4v) is 2.85. The summed E-state index contributed by atoms with van der Waals surface area (Å²) in [5, 5.41) is 2.68. The standard InChI is InChI=1S/C13H21N3O3/c1-7-3-4-9(14)8(5-7)12(18)15-10-6-11(17)16(2)13(10)19/h7-10H,3-6,14H2,1-2H3,(H,15,18). The third kappa shape index (κ3) is 2.78. The second kappa shape index (κ2) is 5.28. The van der Waals surface area contributed by atoms with Crippen LogP contribution in [0.4, 0.5) is 0 Å². The molecule has 0 aromatic carbocycles. The summed E-state index contributed by atoms with van der Waals surface area (Å²) in [6, 6.07) is -0.865. The molecular weight excluding hydrogens is 246 g/mol. The van der Waals surface area contributed by atoms with E-state index in [1.54, 1.807) is 0 Å². The van der Waals surface area contributed by atoms with Gasteiger partial charge in [-0.25, -0.2) is 0 Å². The van der Waals surface area contributed by atoms with Crippen LogP contribution in [0.5, 0.6) is 0 Å². The van der Waals surface area contributed by atoms with Gasteiger partial charge in [0.05, 0.1) is 12.3 Å². The second-order valence-corrected chi connectivity index (χ2v) is 5.74. The van der Waals surface area contributed by atoms with E-state index in [1.165, 1.54) is 7.05 Å². The molecule has 4 atom stereocenters. The van der Waals surface area contributed by atoms with Gasteiger partial charge in [0.1, 0.15) is 6.04 Å². The van der Waals surface area contributed by atoms with E-state index in [1.807, 2.05) is 0 Å². The lowest BCUT2D eigenvalue weighted by Crippen LogP contribution is -2.49. The summed E-state index contributed by atoms with van der Waals surface area (Å²) in [6.45, 7) is 2.10. The zero-order valence-corrected chi connectivity index (χ0v) is 11.4. The van der Waals surface area contributed by atoms with Crippen molar-refractivity contribution in [3.63, 3.8) is 0 Å². The van der Waals surface area contributed by atoms with Crippen molar-refractivity contribution in [2.45, 2.75) is 44.7 Å². The second-order valence-electron chi connectivity index (χ2n) is 5.74. The minimum Gasteiger partial charge on any atom is -0.343 e. The molecule has 4 unspecified atom stereocenters. The molecule has 0 aromatic rings. The summed E-state index contributed by atoms with van der Waals surface area (Å²) in [4.78, 5) is 36.4. The normalized spacial score (nSPS) is 35.6. The number of carbonyl (C=O) groups excluding carboxylic acids is 3. The molecule has 1 saturated carbocycles. The molecule has 2 aliphatic rings. The molecule has 19 heavy (non-hydrogen) atoms. The number of likely N-dealkylation sites (N-methyl/N-ethyl adjacent to an activating group) is 1. The molecule has 3 amide bonds. The van der Waals surface area contributed by atoms with Crippen molar-refractivity contribution in [3.05, 3.63) is 0 Å². The maximum Gasteiger partial charge on any atom is 0.252 e. The van der Waals surface area contributed by atoms with Crippen molar-refractivity contribution in [2.75, 3.05) is 7.05 Å². The SMILES string of the molecule is CC1CCC(N)C(C(=O)NC2CC(=O)N(C)C2=O)C1. The first-order valence-corrected chi connectivity index (χ1v) is 6.76. The van der Waals surface area contributed by atoms with Crippen LogP contribution in [0, 0.1) is 11.8 Å². The molecule has 0 spiro atoms. The van der Waals surface area contributed by atoms with Crippen molar-refractivity contribution >= 4 is 17.7 Å². The number of hydrogen-bond acceptors (Lipinski definition) is 4. The van der Waals surface area contributed by atoms with E-state index in [4.69, 9.17) is 5.73 Å². The predicted molar refractivity (Wildman–Crippen MR) is 68.8 cm³/mol. The zero-order valence-electron chi connectivity index (χ0n) is 11.4. The Labute approximate surface area is 112 Å². The Morgan fingerprint density at radius 2 is 2.05 bits per heavy atom. The lowest BCUT2D eigenvalue weighted by atomic mass is 9.78. The smallest absolute Gasteiger partial charge is 0.252 e. The van der Waals surface area contributed by atoms with Crippen LogP contribution in [-0.2, 0) is 14.4 Å². The van der Waals surface area contributed by atoms with Gasteiger partial charge in [-0.2, -0.15) is 0 Å². The third-order valence-corrected chi connectivity index (χ3v) is 4.20. The summed E-state index contributed by atoms with van der Waals surface area (Å²) in [5.74, 6) is -0.565. The van der Waals surface area contributed by atoms with Gasteiger partial charge in [0.25, 0.3) is 5.91 Å². The molecule has 0 radical (unpaired) electrons. The summed E-state index contributed by atoms with van der Waals surface area (Å²) in [6.07, 6.45) is 2.67. The van der Waals surface area contributed by atoms with E-state index < -0.39 is 6.04 Å². The molecule has 3 N–H and O–H groups in total. The Hall–Kier alpha value is -1.43. The van der Waals surface area contributed by atoms with E-state index in [0.717, 1.165) is 24.2 Å². The van der Waals surface area contributed by atoms with Crippen LogP contribution in [0.2, 0.25) is 0 Å². The number of nitrogens with one attached hydrogen (secondary N) is 1. The monoisotopic (exact) mass is 267 g/mol. The van der Waals surface area contributed by atoms with Crippen molar-refractivity contribution in [2.24, 2.45) is 17.6 Å². The van der Waals surface area contributed by atoms with Crippen LogP contribution in [0.1, 0.15) is 32.6 Å². The molecule has 1 saturated heterocycles. The van der Waals surface area contributed by atoms with Gasteiger partial charge in [-0.1, -0.05) is 6.92 Å². The number of likely N-dealkylation sites (tertiary alicyclic amines) is 1. The van der Waals surface area contributed by atoms with Crippen LogP contribution in [0.3, 0.4) is 0 Å². The molecule has 1 aliphatic heterocycles. The van der Waals surface area contributed by atoms with Crippen molar-refractivity contribution < 1.29 is 14.4 Å². The first-order chi connectivity index (χ1) is 8.90. The molecule has 6 nitrogen and oxygen atoms in total. The van der Waals surface area contributed by atoms with E-state index in [9.17, 15) is 14.4 Å². The van der Waals surface area contributed by atoms with E-state index in [-0.39, 0.29) is 36.1 Å². The minimum absolute atomic E-state index is 0.0542. The predicted octanol–water partition coefficient (Wildman–Crippen LogP) is -0.377. The molecule has 1 heterocycles. The van der Waals surface area contributed by atoms with Crippen LogP contribution in [0.25, 0.3) is 0 Å². The first-order valence-electron chi connectivity index (χ1n) is 6.76. The summed E-state index contributed by atoms with van der Waals surface area (Å²) in [7, 11) is 1.44. The maximum absolute atomic E-state index is 12.2. The maximum atomic E-state index is 12.2. The van der Waals surface area contributed by atoms with Gasteiger partial charge in [0, 0.05) is 13.1 Å². The largest absolute Gasteiger partial charge is 0.343 e. The third-order valence-electron chi connectivity index (χ3n) is 4.20. The van der Waals surface area contributed by atoms with Gasteiger partial charge in [0.15, 0.2) is 0 Å². The molecule has 6 heteroatoms. The molecule has 1 aliphatic carbocycles. The van der Waals surface area contributed by atoms with Crippen molar-refractivity contribution in [3.8, 4) is 0 Å². The van der Waals surface area contributed by atoms with Gasteiger partial charge < -0.3 is 11.1 Å². The topological polar surface area (TPSA) is 92.5 Å². The Balaban J connectivity index is 1.97. The molecule has 0 bridgehead atoms. The summed E-state index contributed by atoms with van der Waals surface area (Å²) >= 11 is 0. The first kappa shape index (κ1) is 14.0. The molecule has 2 fully saturated rings. The fraction of sp³-hybridized carbons (Fsp3) is 0.769. The highest BCUT2D eigenvalue weighted by molar-refractivity contribution is 6.06. The fourth-order valence-electron chi connectivity index (χ4n) is 2.85. The number of nitrogens with two attached hydrogens (primary N) is 1. The number of imide groups is 1. The van der Waals surface area contributed by atoms with E-state index in [0.29, 0.717) is 5.92 Å². The van der Waals surface area contributed by atoms with E-state index in [2.05, 4.69) is 12.2 Å². The molecule has 106 valence electrons. The molecule has 2 rings (SSSR count). The van der Waals surface area contributed by atoms with Gasteiger partial charge in [-0.05, 0) is 25.2 Å². The Bertz CT molecular complexity index is 410. The Morgan fingerprint density at radius 3 is 2.63 bits per heavy atom. The summed E-state index contributed by atoms with van der Waals surface area (Å²) in [5.41, 5.74) is 5.98. The average Bonchev–Trinajstić information content (AvgIpc) is 2.60. The Kier molecular flexibility index (Phi) is 3.89. The van der Waals surface area contributed by atoms with Crippen molar-refractivity contribution in [1.82, 2.24) is 10.2 Å². The van der Waals surface area contributed by atoms with Gasteiger partial charge in [-0.15, -0.1) is 0 Å². The number of rotatable bonds is 2. The number of hydrogen-bond donors (Lipinski definition) is 2. The highest BCUT2D eigenvalue weighted by Gasteiger charge is 2.39. The minimum atomic E-state index is -0.713. The van der Waals surface area contributed by atoms with Gasteiger partial charge in [-0.3, -0.25) is 19.3 Å². The van der Waals surface area contributed by atoms with E-state index >= 15 is 0 Å². The lowest BCUT2D eigenvalue weighted by Gasteiger charge is -2.32. The number of carbonyl (C=O) groups is 3. The Morgan fingerprint density at radius 1 is 1.37 bits per heavy atom. The van der Waals surface area contributed by atoms with Crippen LogP contribution < -0.4 is 11.1 Å². The highest BCUT2D eigenvalue weighted by atomic mass is 16.2. The van der Waals surface area contributed by atoms with Crippen LogP contribution in [-0.4, -0.2) is 41.8 Å². The molecule has 0 aromatic heterocycles. The van der Waals surface area contributed by atoms with Crippen LogP contribution in [0.15, 0.2) is 0 Å². The lowest BCUT2D eigenvalue weighted by molar-refractivity contribution is -0.138. The molecular formula is C13H21N3O3. The average molecular weight is 267 g/mol. The van der Waals surface area contributed by atoms with Gasteiger partial charge >= 0.3 is 0 Å². The summed E-state index contributed by atoms with van der Waals surface area (Å²) < 4.78 is 0. The number of nitrogens with zero attached hydrogens (tertiary/aromatic N) is 1. The van der Waals surface area contributed by atoms with Crippen LogP contribution >= 0.6 is 0 Å². The van der Waals surface area contributed by atoms with Crippen molar-refractivity contribution in [1.29, 1.82) is 0 Å². The zero-order chi connectivity index (χ0) is 14.2. The highest BCUT2D eigenvalue weighted by Crippen LogP contribution is 2.28. The number of amides is 3. The quantitative estimate of drug-likeness (QED) is 0.667. The van der Waals surface area contributed by atoms with Gasteiger partial charge in [0.2, 0.25) is 11.8 Å².